The maximum atomic E-state index is 13.9. The summed E-state index contributed by atoms with van der Waals surface area (Å²) in [7, 11) is -0.576. The van der Waals surface area contributed by atoms with Crippen LogP contribution in [0.1, 0.15) is 26.3 Å². The van der Waals surface area contributed by atoms with Crippen molar-refractivity contribution in [2.75, 3.05) is 50.0 Å². The van der Waals surface area contributed by atoms with E-state index in [0.717, 1.165) is 18.7 Å². The van der Waals surface area contributed by atoms with E-state index in [1.165, 1.54) is 18.6 Å². The van der Waals surface area contributed by atoms with Gasteiger partial charge in [-0.15, -0.1) is 0 Å². The van der Waals surface area contributed by atoms with Gasteiger partial charge in [-0.1, -0.05) is 44.5 Å². The zero-order chi connectivity index (χ0) is 26.8. The number of nitrogens with one attached hydrogen (secondary N) is 1. The molecule has 4 rings (SSSR count). The van der Waals surface area contributed by atoms with Crippen molar-refractivity contribution in [2.45, 2.75) is 31.1 Å². The van der Waals surface area contributed by atoms with Gasteiger partial charge in [0.05, 0.1) is 12.8 Å². The third-order valence-electron chi connectivity index (χ3n) is 6.18. The number of likely N-dealkylation sites (N-methyl/N-ethyl adjacent to an activating group) is 1. The quantitative estimate of drug-likeness (QED) is 0.453. The molecule has 0 amide bonds. The molecule has 1 aromatic heterocycles. The average Bonchev–Trinajstić information content (AvgIpc) is 2.85. The second kappa shape index (κ2) is 10.7. The Bertz CT molecular complexity index is 1360. The molecular formula is C26H32ClN5O4S. The summed E-state index contributed by atoms with van der Waals surface area (Å²) >= 11 is 7.01. The molecule has 1 aliphatic heterocycles. The average molecular weight is 546 g/mol. The second-order valence-electron chi connectivity index (χ2n) is 9.91. The Hall–Kier alpha value is -3.08. The van der Waals surface area contributed by atoms with Crippen LogP contribution in [0.4, 0.5) is 11.5 Å². The van der Waals surface area contributed by atoms with Crippen molar-refractivity contribution in [3.8, 4) is 17.2 Å². The Morgan fingerprint density at radius 2 is 1.73 bits per heavy atom. The number of para-hydroxylation sites is 2. The Morgan fingerprint density at radius 1 is 1.05 bits per heavy atom. The van der Waals surface area contributed by atoms with Crippen molar-refractivity contribution in [1.82, 2.24) is 14.9 Å². The van der Waals surface area contributed by atoms with E-state index in [9.17, 15) is 8.42 Å². The van der Waals surface area contributed by atoms with E-state index < -0.39 is 15.4 Å². The molecule has 0 bridgehead atoms. The molecule has 0 unspecified atom stereocenters. The zero-order valence-electron chi connectivity index (χ0n) is 21.7. The highest BCUT2D eigenvalue weighted by atomic mass is 35.5. The predicted molar refractivity (Wildman–Crippen MR) is 146 cm³/mol. The minimum Gasteiger partial charge on any atom is -0.493 e. The van der Waals surface area contributed by atoms with Crippen molar-refractivity contribution >= 4 is 33.1 Å². The number of rotatable bonds is 7. The lowest BCUT2D eigenvalue weighted by atomic mass is 9.85. The first-order chi connectivity index (χ1) is 17.5. The van der Waals surface area contributed by atoms with Gasteiger partial charge < -0.3 is 19.3 Å². The highest BCUT2D eigenvalue weighted by Crippen LogP contribution is 2.48. The molecule has 2 aromatic carbocycles. The van der Waals surface area contributed by atoms with Crippen LogP contribution in [0.2, 0.25) is 5.02 Å². The standard InChI is InChI=1S/C26H32ClN5O4S/c1-26(2,3)18-16-19(32-14-12-31(4)13-15-32)25(37(33,34)30-22-10-11-28-17-29-22)23(27)24(18)36-21-9-7-6-8-20(21)35-5/h6-11,16-17H,12-15H2,1-5H3,(H,28,29,30). The Balaban J connectivity index is 1.95. The van der Waals surface area contributed by atoms with Crippen LogP contribution in [0, 0.1) is 0 Å². The fraction of sp³-hybridized carbons (Fsp3) is 0.385. The molecule has 37 heavy (non-hydrogen) atoms. The third kappa shape index (κ3) is 5.92. The highest BCUT2D eigenvalue weighted by Gasteiger charge is 2.34. The smallest absolute Gasteiger partial charge is 0.266 e. The lowest BCUT2D eigenvalue weighted by Gasteiger charge is -2.36. The second-order valence-corrected chi connectivity index (χ2v) is 11.9. The van der Waals surface area contributed by atoms with Crippen LogP contribution in [0.3, 0.4) is 0 Å². The summed E-state index contributed by atoms with van der Waals surface area (Å²) < 4.78 is 42.1. The summed E-state index contributed by atoms with van der Waals surface area (Å²) in [5.41, 5.74) is 0.889. The topological polar surface area (TPSA) is 96.9 Å². The van der Waals surface area contributed by atoms with Crippen LogP contribution in [-0.2, 0) is 15.4 Å². The Labute approximate surface area is 223 Å². The molecule has 1 N–H and O–H groups in total. The van der Waals surface area contributed by atoms with Crippen molar-refractivity contribution in [1.29, 1.82) is 0 Å². The van der Waals surface area contributed by atoms with Crippen molar-refractivity contribution < 1.29 is 17.9 Å². The highest BCUT2D eigenvalue weighted by molar-refractivity contribution is 7.93. The molecule has 0 saturated carbocycles. The van der Waals surface area contributed by atoms with Crippen LogP contribution in [0.25, 0.3) is 0 Å². The van der Waals surface area contributed by atoms with Gasteiger partial charge in [-0.2, -0.15) is 0 Å². The van der Waals surface area contributed by atoms with Gasteiger partial charge in [0, 0.05) is 37.9 Å². The number of hydrogen-bond acceptors (Lipinski definition) is 8. The van der Waals surface area contributed by atoms with Gasteiger partial charge in [0.2, 0.25) is 0 Å². The summed E-state index contributed by atoms with van der Waals surface area (Å²) in [6.07, 6.45) is 2.74. The summed E-state index contributed by atoms with van der Waals surface area (Å²) in [5.74, 6) is 1.34. The normalized spacial score (nSPS) is 14.9. The number of anilines is 2. The van der Waals surface area contributed by atoms with E-state index in [0.29, 0.717) is 30.3 Å². The molecule has 1 fully saturated rings. The first-order valence-electron chi connectivity index (χ1n) is 11.9. The number of methoxy groups -OCH3 is 1. The predicted octanol–water partition coefficient (Wildman–Crippen LogP) is 4.78. The van der Waals surface area contributed by atoms with E-state index in [1.807, 2.05) is 46.0 Å². The summed E-state index contributed by atoms with van der Waals surface area (Å²) in [4.78, 5) is 12.1. The number of halogens is 1. The van der Waals surface area contributed by atoms with Crippen molar-refractivity contribution in [2.24, 2.45) is 0 Å². The largest absolute Gasteiger partial charge is 0.493 e. The lowest BCUT2D eigenvalue weighted by molar-refractivity contribution is 0.312. The third-order valence-corrected chi connectivity index (χ3v) is 8.08. The van der Waals surface area contributed by atoms with Gasteiger partial charge in [-0.25, -0.2) is 18.4 Å². The van der Waals surface area contributed by atoms with Crippen LogP contribution in [0.5, 0.6) is 17.2 Å². The lowest BCUT2D eigenvalue weighted by Crippen LogP contribution is -2.45. The van der Waals surface area contributed by atoms with Crippen LogP contribution < -0.4 is 19.1 Å². The molecule has 0 spiro atoms. The molecule has 2 heterocycles. The monoisotopic (exact) mass is 545 g/mol. The van der Waals surface area contributed by atoms with E-state index in [4.69, 9.17) is 21.1 Å². The van der Waals surface area contributed by atoms with Gasteiger partial charge in [0.25, 0.3) is 10.0 Å². The Kier molecular flexibility index (Phi) is 7.82. The summed E-state index contributed by atoms with van der Waals surface area (Å²) in [6, 6.07) is 10.5. The summed E-state index contributed by atoms with van der Waals surface area (Å²) in [5, 5.41) is -0.00573. The molecule has 1 saturated heterocycles. The van der Waals surface area contributed by atoms with Gasteiger partial charge >= 0.3 is 0 Å². The minimum absolute atomic E-state index is 0.00573. The molecule has 3 aromatic rings. The number of nitrogens with zero attached hydrogens (tertiary/aromatic N) is 4. The molecule has 198 valence electrons. The number of ether oxygens (including phenoxy) is 2. The number of aromatic nitrogens is 2. The maximum absolute atomic E-state index is 13.9. The SMILES string of the molecule is COc1ccccc1Oc1c(C(C)(C)C)cc(N2CCN(C)CC2)c(S(=O)(=O)Nc2ccncn2)c1Cl. The van der Waals surface area contributed by atoms with Gasteiger partial charge in [0.15, 0.2) is 17.2 Å². The molecule has 0 aliphatic carbocycles. The van der Waals surface area contributed by atoms with Gasteiger partial charge in [-0.3, -0.25) is 4.72 Å². The number of piperazine rings is 1. The number of hydrogen-bond donors (Lipinski definition) is 1. The fourth-order valence-corrected chi connectivity index (χ4v) is 5.98. The molecule has 11 heteroatoms. The van der Waals surface area contributed by atoms with Gasteiger partial charge in [0.1, 0.15) is 22.1 Å². The molecular weight excluding hydrogens is 514 g/mol. The zero-order valence-corrected chi connectivity index (χ0v) is 23.2. The Morgan fingerprint density at radius 3 is 2.32 bits per heavy atom. The van der Waals surface area contributed by atoms with Crippen LogP contribution in [-0.4, -0.2) is 63.6 Å². The fourth-order valence-electron chi connectivity index (χ4n) is 4.15. The van der Waals surface area contributed by atoms with E-state index in [1.54, 1.807) is 19.2 Å². The molecule has 9 nitrogen and oxygen atoms in total. The molecule has 0 radical (unpaired) electrons. The first-order valence-corrected chi connectivity index (χ1v) is 13.8. The van der Waals surface area contributed by atoms with Crippen LogP contribution >= 0.6 is 11.6 Å². The minimum atomic E-state index is -4.17. The van der Waals surface area contributed by atoms with E-state index in [2.05, 4.69) is 24.5 Å². The molecule has 1 aliphatic rings. The van der Waals surface area contributed by atoms with E-state index >= 15 is 0 Å². The van der Waals surface area contributed by atoms with Crippen molar-refractivity contribution in [3.05, 3.63) is 59.5 Å². The van der Waals surface area contributed by atoms with Crippen LogP contribution in [0.15, 0.2) is 53.8 Å². The maximum Gasteiger partial charge on any atom is 0.266 e. The molecule has 0 atom stereocenters. The number of benzene rings is 2. The first kappa shape index (κ1) is 27.0. The number of sulfonamides is 1. The van der Waals surface area contributed by atoms with Gasteiger partial charge in [-0.05, 0) is 36.7 Å². The summed E-state index contributed by atoms with van der Waals surface area (Å²) in [6.45, 7) is 9.00. The van der Waals surface area contributed by atoms with E-state index in [-0.39, 0.29) is 21.5 Å². The van der Waals surface area contributed by atoms with Crippen molar-refractivity contribution in [3.63, 3.8) is 0 Å².